The van der Waals surface area contributed by atoms with E-state index >= 15 is 0 Å². The number of hydrogen-bond donors (Lipinski definition) is 2. The zero-order chi connectivity index (χ0) is 19.3. The molecule has 1 aliphatic rings. The number of hydrogen-bond acceptors (Lipinski definition) is 5. The number of piperazine rings is 1. The molecule has 1 saturated heterocycles. The summed E-state index contributed by atoms with van der Waals surface area (Å²) in [5, 5.41) is 3.32. The minimum Gasteiger partial charge on any atom is -0.329 e. The summed E-state index contributed by atoms with van der Waals surface area (Å²) in [5.41, 5.74) is 1.98. The first kappa shape index (κ1) is 22.1. The van der Waals surface area contributed by atoms with Gasteiger partial charge in [0.15, 0.2) is 0 Å². The van der Waals surface area contributed by atoms with Crippen LogP contribution in [-0.2, 0) is 10.0 Å². The fraction of sp³-hybridized carbons (Fsp3) is 0.368. The van der Waals surface area contributed by atoms with Gasteiger partial charge in [-0.3, -0.25) is 14.5 Å². The quantitative estimate of drug-likeness (QED) is 0.743. The number of pyridine rings is 1. The number of halogens is 1. The molecular weight excluding hydrogens is 400 g/mol. The fourth-order valence-electron chi connectivity index (χ4n) is 3.16. The number of rotatable bonds is 6. The van der Waals surface area contributed by atoms with Crippen molar-refractivity contribution in [2.24, 2.45) is 0 Å². The minimum absolute atomic E-state index is 0. The topological polar surface area (TPSA) is 91.4 Å². The third kappa shape index (κ3) is 5.43. The molecule has 3 rings (SSSR count). The summed E-state index contributed by atoms with van der Waals surface area (Å²) in [6.07, 6.45) is 4.04. The number of carbonyl (C=O) groups excluding carboxylic acids is 1. The van der Waals surface area contributed by atoms with E-state index in [0.29, 0.717) is 30.8 Å². The second kappa shape index (κ2) is 9.86. The Labute approximate surface area is 172 Å². The molecule has 2 heterocycles. The maximum absolute atomic E-state index is 13.0. The van der Waals surface area contributed by atoms with Crippen molar-refractivity contribution in [3.8, 4) is 0 Å². The first-order valence-corrected chi connectivity index (χ1v) is 10.7. The third-order valence-corrected chi connectivity index (χ3v) is 5.94. The number of nitrogens with zero attached hydrogens (tertiary/aromatic N) is 2. The maximum Gasteiger partial charge on any atom is 0.254 e. The van der Waals surface area contributed by atoms with Crippen LogP contribution in [0.15, 0.2) is 48.8 Å². The van der Waals surface area contributed by atoms with Gasteiger partial charge in [-0.25, -0.2) is 8.42 Å². The monoisotopic (exact) mass is 424 g/mol. The van der Waals surface area contributed by atoms with Gasteiger partial charge in [-0.1, -0.05) is 13.0 Å². The predicted molar refractivity (Wildman–Crippen MR) is 112 cm³/mol. The lowest BCUT2D eigenvalue weighted by Gasteiger charge is -2.36. The first-order chi connectivity index (χ1) is 13.0. The van der Waals surface area contributed by atoms with Gasteiger partial charge in [0, 0.05) is 43.3 Å². The summed E-state index contributed by atoms with van der Waals surface area (Å²) in [6.45, 7) is 3.82. The molecule has 1 atom stereocenters. The molecule has 152 valence electrons. The molecule has 0 bridgehead atoms. The summed E-state index contributed by atoms with van der Waals surface area (Å²) in [7, 11) is -3.34. The molecule has 2 aromatic rings. The Hall–Kier alpha value is -2.16. The molecule has 7 nitrogen and oxygen atoms in total. The van der Waals surface area contributed by atoms with Crippen LogP contribution in [0.1, 0.15) is 35.3 Å². The Morgan fingerprint density at radius 2 is 2.04 bits per heavy atom. The highest BCUT2D eigenvalue weighted by atomic mass is 35.5. The van der Waals surface area contributed by atoms with Gasteiger partial charge in [-0.15, -0.1) is 12.4 Å². The Morgan fingerprint density at radius 1 is 1.29 bits per heavy atom. The van der Waals surface area contributed by atoms with Crippen molar-refractivity contribution < 1.29 is 13.2 Å². The van der Waals surface area contributed by atoms with E-state index < -0.39 is 10.0 Å². The van der Waals surface area contributed by atoms with Gasteiger partial charge in [0.2, 0.25) is 10.0 Å². The van der Waals surface area contributed by atoms with Gasteiger partial charge in [0.1, 0.15) is 0 Å². The summed E-state index contributed by atoms with van der Waals surface area (Å²) in [6, 6.07) is 10.3. The predicted octanol–water partition coefficient (Wildman–Crippen LogP) is 2.44. The average Bonchev–Trinajstić information content (AvgIpc) is 2.68. The van der Waals surface area contributed by atoms with Gasteiger partial charge < -0.3 is 10.2 Å². The third-order valence-electron chi connectivity index (χ3n) is 4.45. The largest absolute Gasteiger partial charge is 0.329 e. The van der Waals surface area contributed by atoms with Crippen molar-refractivity contribution >= 4 is 34.0 Å². The molecular formula is C19H25ClN4O3S. The Morgan fingerprint density at radius 3 is 2.68 bits per heavy atom. The number of amides is 1. The number of benzene rings is 1. The zero-order valence-corrected chi connectivity index (χ0v) is 17.3. The van der Waals surface area contributed by atoms with Gasteiger partial charge >= 0.3 is 0 Å². The summed E-state index contributed by atoms with van der Waals surface area (Å²) < 4.78 is 26.3. The molecule has 9 heteroatoms. The van der Waals surface area contributed by atoms with Crippen molar-refractivity contribution in [2.45, 2.75) is 19.4 Å². The second-order valence-corrected chi connectivity index (χ2v) is 8.34. The van der Waals surface area contributed by atoms with Crippen molar-refractivity contribution in [2.75, 3.05) is 30.1 Å². The van der Waals surface area contributed by atoms with Crippen LogP contribution in [0.2, 0.25) is 0 Å². The first-order valence-electron chi connectivity index (χ1n) is 9.02. The van der Waals surface area contributed by atoms with Crippen LogP contribution < -0.4 is 10.0 Å². The number of aromatic nitrogens is 1. The van der Waals surface area contributed by atoms with Crippen molar-refractivity contribution in [1.82, 2.24) is 15.2 Å². The lowest BCUT2D eigenvalue weighted by molar-refractivity contribution is 0.0634. The minimum atomic E-state index is -3.34. The molecule has 1 aromatic heterocycles. The number of anilines is 1. The summed E-state index contributed by atoms with van der Waals surface area (Å²) >= 11 is 0. The van der Waals surface area contributed by atoms with E-state index in [4.69, 9.17) is 0 Å². The van der Waals surface area contributed by atoms with Crippen LogP contribution in [-0.4, -0.2) is 49.6 Å². The normalized spacial score (nSPS) is 16.9. The van der Waals surface area contributed by atoms with E-state index in [1.807, 2.05) is 24.0 Å². The Balaban J connectivity index is 0.00000280. The number of nitrogens with one attached hydrogen (secondary N) is 2. The zero-order valence-electron chi connectivity index (χ0n) is 15.7. The Bertz CT molecular complexity index is 876. The van der Waals surface area contributed by atoms with Crippen molar-refractivity contribution in [3.05, 3.63) is 59.9 Å². The van der Waals surface area contributed by atoms with Gasteiger partial charge in [0.25, 0.3) is 5.91 Å². The molecule has 1 fully saturated rings. The van der Waals surface area contributed by atoms with Crippen LogP contribution >= 0.6 is 12.4 Å². The fourth-order valence-corrected chi connectivity index (χ4v) is 4.30. The summed E-state index contributed by atoms with van der Waals surface area (Å²) in [4.78, 5) is 19.0. The molecule has 28 heavy (non-hydrogen) atoms. The standard InChI is InChI=1S/C19H24N4O3S.ClH/c1-2-12-27(25,26)22-17-7-5-15(6-8-17)19(24)23-11-10-21-14-18(23)16-4-3-9-20-13-16;/h3-9,13,18,21-22H,2,10-12,14H2,1H3;1H. The van der Waals surface area contributed by atoms with E-state index in [1.165, 1.54) is 0 Å². The lowest BCUT2D eigenvalue weighted by Crippen LogP contribution is -2.48. The van der Waals surface area contributed by atoms with E-state index in [1.54, 1.807) is 36.7 Å². The molecule has 0 spiro atoms. The SMILES string of the molecule is CCCS(=O)(=O)Nc1ccc(C(=O)N2CCNCC2c2cccnc2)cc1.Cl. The van der Waals surface area contributed by atoms with Gasteiger partial charge in [0.05, 0.1) is 11.8 Å². The van der Waals surface area contributed by atoms with E-state index in [9.17, 15) is 13.2 Å². The molecule has 1 aliphatic heterocycles. The molecule has 2 N–H and O–H groups in total. The van der Waals surface area contributed by atoms with Crippen LogP contribution in [0.5, 0.6) is 0 Å². The van der Waals surface area contributed by atoms with Crippen molar-refractivity contribution in [3.63, 3.8) is 0 Å². The number of sulfonamides is 1. The molecule has 0 saturated carbocycles. The van der Waals surface area contributed by atoms with E-state index in [0.717, 1.165) is 12.1 Å². The van der Waals surface area contributed by atoms with Gasteiger partial charge in [-0.05, 0) is 42.3 Å². The maximum atomic E-state index is 13.0. The van der Waals surface area contributed by atoms with E-state index in [2.05, 4.69) is 15.0 Å². The highest BCUT2D eigenvalue weighted by Gasteiger charge is 2.28. The van der Waals surface area contributed by atoms with Crippen LogP contribution in [0.3, 0.4) is 0 Å². The molecule has 1 aromatic carbocycles. The highest BCUT2D eigenvalue weighted by Crippen LogP contribution is 2.24. The van der Waals surface area contributed by atoms with Crippen LogP contribution in [0.25, 0.3) is 0 Å². The highest BCUT2D eigenvalue weighted by molar-refractivity contribution is 7.92. The van der Waals surface area contributed by atoms with Crippen molar-refractivity contribution in [1.29, 1.82) is 0 Å². The smallest absolute Gasteiger partial charge is 0.254 e. The average molecular weight is 425 g/mol. The molecule has 0 radical (unpaired) electrons. The van der Waals surface area contributed by atoms with Crippen LogP contribution in [0.4, 0.5) is 5.69 Å². The summed E-state index contributed by atoms with van der Waals surface area (Å²) in [5.74, 6) is -0.00495. The molecule has 0 aliphatic carbocycles. The van der Waals surface area contributed by atoms with Crippen LogP contribution in [0, 0.1) is 0 Å². The van der Waals surface area contributed by atoms with E-state index in [-0.39, 0.29) is 30.1 Å². The molecule has 1 amide bonds. The van der Waals surface area contributed by atoms with Gasteiger partial charge in [-0.2, -0.15) is 0 Å². The second-order valence-electron chi connectivity index (χ2n) is 6.50. The molecule has 1 unspecified atom stereocenters. The Kier molecular flexibility index (Phi) is 7.79. The lowest BCUT2D eigenvalue weighted by atomic mass is 10.0. The number of carbonyl (C=O) groups is 1.